The number of unbranched alkanes of at least 4 members (excludes halogenated alkanes) is 1. The van der Waals surface area contributed by atoms with Gasteiger partial charge in [-0.3, -0.25) is 14.9 Å². The number of imide groups is 1. The quantitative estimate of drug-likeness (QED) is 0.656. The van der Waals surface area contributed by atoms with E-state index >= 15 is 0 Å². The van der Waals surface area contributed by atoms with Crippen molar-refractivity contribution >= 4 is 28.3 Å². The molecule has 118 valence electrons. The van der Waals surface area contributed by atoms with E-state index < -0.39 is 0 Å². The molecule has 2 aromatic rings. The van der Waals surface area contributed by atoms with Gasteiger partial charge in [-0.2, -0.15) is 0 Å². The predicted molar refractivity (Wildman–Crippen MR) is 93.1 cm³/mol. The fraction of sp³-hybridized carbons (Fsp3) is 0.263. The average molecular weight is 308 g/mol. The molecule has 4 nitrogen and oxygen atoms in total. The highest BCUT2D eigenvalue weighted by Crippen LogP contribution is 2.34. The maximum Gasteiger partial charge on any atom is 0.258 e. The molecule has 1 aliphatic heterocycles. The molecule has 0 radical (unpaired) electrons. The summed E-state index contributed by atoms with van der Waals surface area (Å²) in [5.41, 5.74) is 2.17. The third-order valence-corrected chi connectivity index (χ3v) is 4.21. The van der Waals surface area contributed by atoms with Crippen molar-refractivity contribution in [2.24, 2.45) is 0 Å². The van der Waals surface area contributed by atoms with Gasteiger partial charge in [0.15, 0.2) is 0 Å². The lowest BCUT2D eigenvalue weighted by molar-refractivity contribution is 0.0845. The molecule has 0 spiro atoms. The van der Waals surface area contributed by atoms with Crippen LogP contribution in [0.5, 0.6) is 0 Å². The minimum atomic E-state index is -0.325. The standard InChI is InChI=1S/C19H20N2O2/c1-3-5-12-21(11-4-2)16-10-9-15-17-13(16)7-6-8-14(17)18(22)20-19(15)23/h4,6-10H,2-3,5,11-12H2,1H3,(H,20,22,23). The first-order valence-corrected chi connectivity index (χ1v) is 7.94. The molecular formula is C19H20N2O2. The highest BCUT2D eigenvalue weighted by molar-refractivity contribution is 6.26. The Labute approximate surface area is 135 Å². The topological polar surface area (TPSA) is 49.4 Å². The number of anilines is 1. The lowest BCUT2D eigenvalue weighted by atomic mass is 9.94. The van der Waals surface area contributed by atoms with Crippen molar-refractivity contribution in [2.75, 3.05) is 18.0 Å². The van der Waals surface area contributed by atoms with E-state index in [4.69, 9.17) is 0 Å². The normalized spacial score (nSPS) is 13.1. The smallest absolute Gasteiger partial charge is 0.258 e. The van der Waals surface area contributed by atoms with Crippen molar-refractivity contribution in [3.05, 3.63) is 54.1 Å². The molecule has 1 aliphatic rings. The molecular weight excluding hydrogens is 288 g/mol. The van der Waals surface area contributed by atoms with Crippen molar-refractivity contribution in [2.45, 2.75) is 19.8 Å². The second-order valence-corrected chi connectivity index (χ2v) is 5.73. The number of hydrogen-bond donors (Lipinski definition) is 1. The summed E-state index contributed by atoms with van der Waals surface area (Å²) < 4.78 is 0. The first-order valence-electron chi connectivity index (χ1n) is 7.94. The maximum atomic E-state index is 12.1. The van der Waals surface area contributed by atoms with Crippen molar-refractivity contribution in [3.63, 3.8) is 0 Å². The predicted octanol–water partition coefficient (Wildman–Crippen LogP) is 3.52. The van der Waals surface area contributed by atoms with E-state index in [0.717, 1.165) is 42.4 Å². The number of hydrogen-bond acceptors (Lipinski definition) is 3. The van der Waals surface area contributed by atoms with Gasteiger partial charge in [-0.05, 0) is 24.6 Å². The Morgan fingerprint density at radius 1 is 1.13 bits per heavy atom. The number of benzene rings is 2. The Balaban J connectivity index is 2.20. The zero-order valence-electron chi connectivity index (χ0n) is 13.3. The van der Waals surface area contributed by atoms with E-state index in [0.29, 0.717) is 11.1 Å². The van der Waals surface area contributed by atoms with Crippen LogP contribution < -0.4 is 10.2 Å². The van der Waals surface area contributed by atoms with Crippen LogP contribution in [-0.2, 0) is 0 Å². The molecule has 0 aliphatic carbocycles. The number of rotatable bonds is 6. The molecule has 1 heterocycles. The summed E-state index contributed by atoms with van der Waals surface area (Å²) in [5.74, 6) is -0.650. The first kappa shape index (κ1) is 15.3. The molecule has 23 heavy (non-hydrogen) atoms. The van der Waals surface area contributed by atoms with Crippen LogP contribution in [0.15, 0.2) is 43.0 Å². The van der Waals surface area contributed by atoms with Gasteiger partial charge >= 0.3 is 0 Å². The lowest BCUT2D eigenvalue weighted by Crippen LogP contribution is -2.35. The van der Waals surface area contributed by atoms with Crippen LogP contribution in [0.25, 0.3) is 10.8 Å². The van der Waals surface area contributed by atoms with Gasteiger partial charge in [0, 0.05) is 40.7 Å². The van der Waals surface area contributed by atoms with Gasteiger partial charge in [-0.25, -0.2) is 0 Å². The van der Waals surface area contributed by atoms with Gasteiger partial charge in [0.05, 0.1) is 0 Å². The number of carbonyl (C=O) groups excluding carboxylic acids is 2. The lowest BCUT2D eigenvalue weighted by Gasteiger charge is -2.27. The number of nitrogens with zero attached hydrogens (tertiary/aromatic N) is 1. The summed E-state index contributed by atoms with van der Waals surface area (Å²) in [5, 5.41) is 4.10. The summed E-state index contributed by atoms with van der Waals surface area (Å²) in [7, 11) is 0. The molecule has 0 aromatic heterocycles. The van der Waals surface area contributed by atoms with E-state index in [1.807, 2.05) is 30.3 Å². The molecule has 4 heteroatoms. The molecule has 0 bridgehead atoms. The molecule has 0 saturated carbocycles. The minimum absolute atomic E-state index is 0.325. The molecule has 2 amide bonds. The second kappa shape index (κ2) is 6.24. The Hall–Kier alpha value is -2.62. The number of amides is 2. The molecule has 0 fully saturated rings. The summed E-state index contributed by atoms with van der Waals surface area (Å²) in [4.78, 5) is 26.4. The van der Waals surface area contributed by atoms with Crippen molar-refractivity contribution in [3.8, 4) is 0 Å². The zero-order chi connectivity index (χ0) is 16.4. The van der Waals surface area contributed by atoms with Crippen molar-refractivity contribution in [1.29, 1.82) is 0 Å². The van der Waals surface area contributed by atoms with Crippen LogP contribution in [0.3, 0.4) is 0 Å². The molecule has 0 atom stereocenters. The van der Waals surface area contributed by atoms with Crippen LogP contribution in [0.4, 0.5) is 5.69 Å². The Kier molecular flexibility index (Phi) is 4.15. The van der Waals surface area contributed by atoms with Gasteiger partial charge in [0.1, 0.15) is 0 Å². The fourth-order valence-electron chi connectivity index (χ4n) is 3.10. The molecule has 2 aromatic carbocycles. The van der Waals surface area contributed by atoms with Crippen LogP contribution in [-0.4, -0.2) is 24.9 Å². The third kappa shape index (κ3) is 2.61. The van der Waals surface area contributed by atoms with Gasteiger partial charge < -0.3 is 4.90 Å². The Morgan fingerprint density at radius 2 is 1.87 bits per heavy atom. The third-order valence-electron chi connectivity index (χ3n) is 4.21. The summed E-state index contributed by atoms with van der Waals surface area (Å²) >= 11 is 0. The van der Waals surface area contributed by atoms with Gasteiger partial charge in [-0.1, -0.05) is 31.6 Å². The summed E-state index contributed by atoms with van der Waals surface area (Å²) in [6.07, 6.45) is 4.06. The Morgan fingerprint density at radius 3 is 2.57 bits per heavy atom. The SMILES string of the molecule is C=CCN(CCCC)c1ccc2c3c(cccc13)C(=O)NC2=O. The van der Waals surface area contributed by atoms with E-state index in [9.17, 15) is 9.59 Å². The van der Waals surface area contributed by atoms with Crippen molar-refractivity contribution in [1.82, 2.24) is 5.32 Å². The minimum Gasteiger partial charge on any atom is -0.367 e. The van der Waals surface area contributed by atoms with Gasteiger partial charge in [-0.15, -0.1) is 6.58 Å². The molecule has 1 N–H and O–H groups in total. The number of carbonyl (C=O) groups is 2. The van der Waals surface area contributed by atoms with Gasteiger partial charge in [0.2, 0.25) is 0 Å². The summed E-state index contributed by atoms with van der Waals surface area (Å²) in [6.45, 7) is 7.65. The summed E-state index contributed by atoms with van der Waals surface area (Å²) in [6, 6.07) is 9.39. The fourth-order valence-corrected chi connectivity index (χ4v) is 3.10. The largest absolute Gasteiger partial charge is 0.367 e. The molecule has 3 rings (SSSR count). The van der Waals surface area contributed by atoms with E-state index in [1.165, 1.54) is 0 Å². The van der Waals surface area contributed by atoms with Crippen molar-refractivity contribution < 1.29 is 9.59 Å². The van der Waals surface area contributed by atoms with Crippen LogP contribution in [0.1, 0.15) is 40.5 Å². The first-order chi connectivity index (χ1) is 11.2. The van der Waals surface area contributed by atoms with Crippen LogP contribution in [0.2, 0.25) is 0 Å². The monoisotopic (exact) mass is 308 g/mol. The molecule has 0 saturated heterocycles. The van der Waals surface area contributed by atoms with Crippen LogP contribution in [0, 0.1) is 0 Å². The zero-order valence-corrected chi connectivity index (χ0v) is 13.3. The van der Waals surface area contributed by atoms with Crippen LogP contribution >= 0.6 is 0 Å². The van der Waals surface area contributed by atoms with E-state index in [2.05, 4.69) is 23.7 Å². The highest BCUT2D eigenvalue weighted by Gasteiger charge is 2.26. The van der Waals surface area contributed by atoms with E-state index in [1.54, 1.807) is 6.07 Å². The average Bonchev–Trinajstić information content (AvgIpc) is 2.56. The second-order valence-electron chi connectivity index (χ2n) is 5.73. The van der Waals surface area contributed by atoms with Gasteiger partial charge in [0.25, 0.3) is 11.8 Å². The highest BCUT2D eigenvalue weighted by atomic mass is 16.2. The Bertz CT molecular complexity index is 775. The number of nitrogens with one attached hydrogen (secondary N) is 1. The van der Waals surface area contributed by atoms with E-state index in [-0.39, 0.29) is 11.8 Å². The molecule has 0 unspecified atom stereocenters. The maximum absolute atomic E-state index is 12.1.